The average molecular weight is 343 g/mol. The summed E-state index contributed by atoms with van der Waals surface area (Å²) in [6, 6.07) is 7.50. The van der Waals surface area contributed by atoms with Crippen molar-refractivity contribution < 1.29 is 4.74 Å². The summed E-state index contributed by atoms with van der Waals surface area (Å²) in [4.78, 5) is 9.54. The van der Waals surface area contributed by atoms with Crippen LogP contribution in [-0.2, 0) is 0 Å². The number of benzene rings is 1. The summed E-state index contributed by atoms with van der Waals surface area (Å²) in [5.41, 5.74) is 7.96. The maximum absolute atomic E-state index is 8.88. The number of halogens is 1. The van der Waals surface area contributed by atoms with Crippen LogP contribution in [0.3, 0.4) is 0 Å². The summed E-state index contributed by atoms with van der Waals surface area (Å²) < 4.78 is 5.75. The minimum Gasteiger partial charge on any atom is -0.437 e. The fraction of sp³-hybridized carbons (Fsp3) is 0.250. The molecule has 1 aromatic carbocycles. The highest BCUT2D eigenvalue weighted by Gasteiger charge is 2.17. The number of rotatable bonds is 5. The van der Waals surface area contributed by atoms with Crippen LogP contribution < -0.4 is 15.4 Å². The Balaban J connectivity index is 2.38. The van der Waals surface area contributed by atoms with E-state index in [1.165, 1.54) is 11.2 Å². The first kappa shape index (κ1) is 17.3. The quantitative estimate of drug-likeness (QED) is 0.831. The molecular weight excluding hydrogens is 328 g/mol. The van der Waals surface area contributed by atoms with Crippen LogP contribution in [0.25, 0.3) is 0 Å². The zero-order valence-corrected chi connectivity index (χ0v) is 14.0. The molecule has 2 rings (SSSR count). The van der Waals surface area contributed by atoms with Crippen LogP contribution in [0.5, 0.6) is 11.6 Å². The normalized spacial score (nSPS) is 9.88. The van der Waals surface area contributed by atoms with E-state index in [0.29, 0.717) is 10.8 Å². The number of anilines is 2. The second-order valence-electron chi connectivity index (χ2n) is 5.06. The predicted octanol–water partition coefficient (Wildman–Crippen LogP) is 2.97. The molecule has 0 bridgehead atoms. The van der Waals surface area contributed by atoms with Gasteiger partial charge in [-0.3, -0.25) is 0 Å². The highest BCUT2D eigenvalue weighted by Crippen LogP contribution is 2.33. The van der Waals surface area contributed by atoms with E-state index in [1.807, 2.05) is 26.0 Å². The van der Waals surface area contributed by atoms with Gasteiger partial charge < -0.3 is 15.4 Å². The maximum atomic E-state index is 8.88. The Morgan fingerprint density at radius 2 is 1.75 bits per heavy atom. The highest BCUT2D eigenvalue weighted by atomic mass is 35.5. The molecule has 0 aliphatic heterocycles. The molecule has 0 atom stereocenters. The second kappa shape index (κ2) is 7.49. The van der Waals surface area contributed by atoms with Gasteiger partial charge in [-0.1, -0.05) is 11.6 Å². The lowest BCUT2D eigenvalue weighted by molar-refractivity contribution is 0.463. The van der Waals surface area contributed by atoms with Crippen molar-refractivity contribution in [3.63, 3.8) is 0 Å². The lowest BCUT2D eigenvalue weighted by Crippen LogP contribution is -2.26. The molecule has 2 N–H and O–H groups in total. The lowest BCUT2D eigenvalue weighted by atomic mass is 10.1. The third-order valence-corrected chi connectivity index (χ3v) is 3.87. The molecule has 24 heavy (non-hydrogen) atoms. The van der Waals surface area contributed by atoms with Crippen LogP contribution in [0.1, 0.15) is 11.1 Å². The van der Waals surface area contributed by atoms with E-state index in [-0.39, 0.29) is 30.5 Å². The number of nitrogen functional groups attached to an aromatic ring is 1. The second-order valence-corrected chi connectivity index (χ2v) is 5.44. The van der Waals surface area contributed by atoms with Crippen molar-refractivity contribution in [1.29, 1.82) is 10.5 Å². The van der Waals surface area contributed by atoms with Gasteiger partial charge in [-0.15, -0.1) is 0 Å². The molecule has 2 aromatic rings. The number of hydrogen-bond donors (Lipinski definition) is 1. The van der Waals surface area contributed by atoms with Gasteiger partial charge in [-0.05, 0) is 37.1 Å². The van der Waals surface area contributed by atoms with Gasteiger partial charge in [0.25, 0.3) is 0 Å². The number of aromatic nitrogens is 2. The first-order chi connectivity index (χ1) is 11.5. The van der Waals surface area contributed by atoms with E-state index in [9.17, 15) is 0 Å². The van der Waals surface area contributed by atoms with Crippen LogP contribution in [0, 0.1) is 36.5 Å². The molecule has 0 radical (unpaired) electrons. The predicted molar refractivity (Wildman–Crippen MR) is 90.9 cm³/mol. The zero-order chi connectivity index (χ0) is 17.7. The zero-order valence-electron chi connectivity index (χ0n) is 13.2. The Bertz CT molecular complexity index is 800. The molecule has 0 aliphatic carbocycles. The summed E-state index contributed by atoms with van der Waals surface area (Å²) in [6.07, 6.45) is 1.28. The lowest BCUT2D eigenvalue weighted by Gasteiger charge is -2.19. The van der Waals surface area contributed by atoms with Gasteiger partial charge >= 0.3 is 0 Å². The largest absolute Gasteiger partial charge is 0.437 e. The first-order valence-corrected chi connectivity index (χ1v) is 7.39. The van der Waals surface area contributed by atoms with Crippen LogP contribution in [0.4, 0.5) is 11.5 Å². The number of ether oxygens (including phenoxy) is 1. The number of nitrogens with two attached hydrogens (primary N) is 1. The van der Waals surface area contributed by atoms with Crippen molar-refractivity contribution in [2.75, 3.05) is 23.7 Å². The van der Waals surface area contributed by atoms with Crippen LogP contribution >= 0.6 is 11.6 Å². The van der Waals surface area contributed by atoms with Gasteiger partial charge in [0.15, 0.2) is 5.82 Å². The van der Waals surface area contributed by atoms with Crippen molar-refractivity contribution >= 4 is 23.1 Å². The van der Waals surface area contributed by atoms with Crippen molar-refractivity contribution in [2.24, 2.45) is 0 Å². The summed E-state index contributed by atoms with van der Waals surface area (Å²) in [7, 11) is 0. The Labute approximate surface area is 144 Å². The number of aryl methyl sites for hydroxylation is 2. The molecule has 122 valence electrons. The molecule has 0 unspecified atom stereocenters. The van der Waals surface area contributed by atoms with E-state index < -0.39 is 0 Å². The van der Waals surface area contributed by atoms with E-state index in [1.54, 1.807) is 12.1 Å². The summed E-state index contributed by atoms with van der Waals surface area (Å²) >= 11 is 6.15. The Morgan fingerprint density at radius 3 is 2.29 bits per heavy atom. The van der Waals surface area contributed by atoms with E-state index in [2.05, 4.69) is 9.97 Å². The summed E-state index contributed by atoms with van der Waals surface area (Å²) in [6.45, 7) is 3.71. The van der Waals surface area contributed by atoms with Crippen LogP contribution in [0.2, 0.25) is 5.02 Å². The number of nitrogens with zero attached hydrogens (tertiary/aromatic N) is 5. The minimum atomic E-state index is -0.0205. The smallest absolute Gasteiger partial charge is 0.248 e. The maximum Gasteiger partial charge on any atom is 0.248 e. The molecule has 0 saturated heterocycles. The van der Waals surface area contributed by atoms with Crippen LogP contribution in [0.15, 0.2) is 18.5 Å². The van der Waals surface area contributed by atoms with Crippen LogP contribution in [-0.4, -0.2) is 23.1 Å². The highest BCUT2D eigenvalue weighted by molar-refractivity contribution is 6.32. The number of hydrogen-bond acceptors (Lipinski definition) is 7. The first-order valence-electron chi connectivity index (χ1n) is 7.01. The summed E-state index contributed by atoms with van der Waals surface area (Å²) in [5, 5.41) is 18.4. The summed E-state index contributed by atoms with van der Waals surface area (Å²) in [5.74, 6) is 0.977. The van der Waals surface area contributed by atoms with Crippen molar-refractivity contribution in [3.05, 3.63) is 34.6 Å². The fourth-order valence-electron chi connectivity index (χ4n) is 2.16. The molecule has 7 nitrogen and oxygen atoms in total. The average Bonchev–Trinajstić information content (AvgIpc) is 2.54. The Hall–Kier alpha value is -3.03. The van der Waals surface area contributed by atoms with Gasteiger partial charge in [0.1, 0.15) is 30.9 Å². The van der Waals surface area contributed by atoms with E-state index in [4.69, 9.17) is 32.6 Å². The number of nitriles is 2. The Morgan fingerprint density at radius 1 is 1.17 bits per heavy atom. The van der Waals surface area contributed by atoms with Crippen molar-refractivity contribution in [3.8, 4) is 23.8 Å². The SMILES string of the molecule is Cc1cc(Oc2ncnc(N(CC#N)CC#N)c2N)cc(C)c1Cl. The van der Waals surface area contributed by atoms with Gasteiger partial charge in [-0.2, -0.15) is 15.5 Å². The molecule has 0 amide bonds. The monoisotopic (exact) mass is 342 g/mol. The van der Waals surface area contributed by atoms with Gasteiger partial charge in [0.2, 0.25) is 5.88 Å². The van der Waals surface area contributed by atoms with E-state index >= 15 is 0 Å². The van der Waals surface area contributed by atoms with Gasteiger partial charge in [0, 0.05) is 5.02 Å². The van der Waals surface area contributed by atoms with E-state index in [0.717, 1.165) is 11.1 Å². The molecule has 8 heteroatoms. The standard InChI is InChI=1S/C16H15ClN6O/c1-10-7-12(8-11(2)13(10)17)24-16-14(20)15(21-9-22-16)23(5-3-18)6-4-19/h7-9H,5-6,20H2,1-2H3. The molecule has 0 spiro atoms. The molecular formula is C16H15ClN6O. The van der Waals surface area contributed by atoms with Crippen molar-refractivity contribution in [1.82, 2.24) is 9.97 Å². The minimum absolute atomic E-state index is 0.0205. The van der Waals surface area contributed by atoms with Gasteiger partial charge in [-0.25, -0.2) is 4.98 Å². The molecule has 0 saturated carbocycles. The Kier molecular flexibility index (Phi) is 5.41. The van der Waals surface area contributed by atoms with Crippen molar-refractivity contribution in [2.45, 2.75) is 13.8 Å². The molecule has 1 heterocycles. The fourth-order valence-corrected chi connectivity index (χ4v) is 2.27. The topological polar surface area (TPSA) is 112 Å². The molecule has 1 aromatic heterocycles. The third-order valence-electron chi connectivity index (χ3n) is 3.27. The third kappa shape index (κ3) is 3.65. The molecule has 0 aliphatic rings. The molecule has 0 fully saturated rings. The van der Waals surface area contributed by atoms with Gasteiger partial charge in [0.05, 0.1) is 12.1 Å².